The molecule has 3 amide bonds. The number of alkyl halides is 5. The van der Waals surface area contributed by atoms with Crippen molar-refractivity contribution in [2.45, 2.75) is 31.5 Å². The van der Waals surface area contributed by atoms with Gasteiger partial charge in [0.15, 0.2) is 5.78 Å². The first-order valence-corrected chi connectivity index (χ1v) is 11.0. The number of urea groups is 1. The number of Topliss-reactive ketones (excluding diaryl/α,β-unsaturated/α-hetero) is 1. The highest BCUT2D eigenvalue weighted by Gasteiger charge is 2.45. The van der Waals surface area contributed by atoms with Crippen LogP contribution in [0.2, 0.25) is 0 Å². The van der Waals surface area contributed by atoms with Crippen molar-refractivity contribution in [2.75, 3.05) is 18.5 Å². The van der Waals surface area contributed by atoms with Gasteiger partial charge in [-0.2, -0.15) is 18.4 Å². The fraction of sp³-hybridized carbons (Fsp3) is 0.280. The lowest BCUT2D eigenvalue weighted by Crippen LogP contribution is -2.48. The summed E-state index contributed by atoms with van der Waals surface area (Å²) in [6, 6.07) is 8.01. The molecule has 0 bridgehead atoms. The molecule has 4 rings (SSSR count). The second-order valence-electron chi connectivity index (χ2n) is 8.48. The summed E-state index contributed by atoms with van der Waals surface area (Å²) < 4.78 is 65.4. The van der Waals surface area contributed by atoms with Crippen molar-refractivity contribution in [1.29, 1.82) is 5.26 Å². The van der Waals surface area contributed by atoms with Gasteiger partial charge in [-0.15, -0.1) is 0 Å². The highest BCUT2D eigenvalue weighted by molar-refractivity contribution is 6.09. The van der Waals surface area contributed by atoms with Crippen LogP contribution in [0.15, 0.2) is 53.7 Å². The van der Waals surface area contributed by atoms with Crippen LogP contribution < -0.4 is 10.2 Å². The first-order valence-electron chi connectivity index (χ1n) is 11.0. The fourth-order valence-electron chi connectivity index (χ4n) is 4.56. The number of allylic oxidation sites excluding steroid dienone is 1. The molecule has 2 aliphatic rings. The molecule has 0 spiro atoms. The number of carbonyl (C=O) groups is 3. The number of hydrogen-bond donors (Lipinski definition) is 1. The number of benzene rings is 2. The molecule has 0 saturated heterocycles. The lowest BCUT2D eigenvalue weighted by Gasteiger charge is -2.41. The van der Waals surface area contributed by atoms with E-state index in [-0.39, 0.29) is 52.3 Å². The van der Waals surface area contributed by atoms with Gasteiger partial charge in [-0.3, -0.25) is 14.5 Å². The van der Waals surface area contributed by atoms with Gasteiger partial charge in [-0.05, 0) is 42.3 Å². The van der Waals surface area contributed by atoms with E-state index in [1.165, 1.54) is 31.3 Å². The Hall–Kier alpha value is -4.27. The van der Waals surface area contributed by atoms with Crippen molar-refractivity contribution in [3.05, 3.63) is 76.0 Å². The molecule has 0 aromatic heterocycles. The van der Waals surface area contributed by atoms with Crippen LogP contribution in [0, 0.1) is 11.3 Å². The maximum Gasteiger partial charge on any atom is 0.416 e. The number of nitriles is 1. The van der Waals surface area contributed by atoms with Gasteiger partial charge in [0.05, 0.1) is 35.5 Å². The third-order valence-electron chi connectivity index (χ3n) is 6.19. The van der Waals surface area contributed by atoms with Crippen molar-refractivity contribution in [3.63, 3.8) is 0 Å². The zero-order valence-electron chi connectivity index (χ0n) is 19.3. The highest BCUT2D eigenvalue weighted by Crippen LogP contribution is 2.45. The highest BCUT2D eigenvalue weighted by atomic mass is 19.4. The van der Waals surface area contributed by atoms with Gasteiger partial charge >= 0.3 is 12.2 Å². The minimum absolute atomic E-state index is 0.0130. The number of hydrogen-bond acceptors (Lipinski definition) is 4. The summed E-state index contributed by atoms with van der Waals surface area (Å²) in [6.45, 7) is -0.954. The van der Waals surface area contributed by atoms with Gasteiger partial charge in [0.1, 0.15) is 0 Å². The van der Waals surface area contributed by atoms with Crippen molar-refractivity contribution >= 4 is 23.4 Å². The number of carbonyl (C=O) groups excluding carboxylic acids is 3. The van der Waals surface area contributed by atoms with Gasteiger partial charge in [0.25, 0.3) is 12.3 Å². The van der Waals surface area contributed by atoms with Crippen molar-refractivity contribution in [1.82, 2.24) is 10.2 Å². The molecule has 1 N–H and O–H groups in total. The van der Waals surface area contributed by atoms with Crippen LogP contribution in [0.3, 0.4) is 0 Å². The normalized spacial score (nSPS) is 17.8. The number of ketones is 1. The van der Waals surface area contributed by atoms with Crippen molar-refractivity contribution in [2.24, 2.45) is 0 Å². The van der Waals surface area contributed by atoms with Gasteiger partial charge < -0.3 is 10.2 Å². The van der Waals surface area contributed by atoms with Crippen LogP contribution in [0.25, 0.3) is 0 Å². The zero-order valence-corrected chi connectivity index (χ0v) is 19.3. The quantitative estimate of drug-likeness (QED) is 0.576. The molecule has 0 fully saturated rings. The summed E-state index contributed by atoms with van der Waals surface area (Å²) in [5, 5.41) is 11.3. The van der Waals surface area contributed by atoms with Crippen LogP contribution in [-0.4, -0.2) is 42.6 Å². The van der Waals surface area contributed by atoms with Crippen molar-refractivity contribution in [3.8, 4) is 6.07 Å². The molecular weight excluding hydrogens is 499 g/mol. The summed E-state index contributed by atoms with van der Waals surface area (Å²) >= 11 is 0. The fourth-order valence-corrected chi connectivity index (χ4v) is 4.56. The number of nitrogens with zero attached hydrogens (tertiary/aromatic N) is 3. The molecule has 0 saturated carbocycles. The Morgan fingerprint density at radius 2 is 1.89 bits per heavy atom. The molecular formula is C25H19F5N4O3. The molecule has 2 aromatic carbocycles. The maximum atomic E-state index is 13.5. The van der Waals surface area contributed by atoms with Crippen LogP contribution >= 0.6 is 0 Å². The summed E-state index contributed by atoms with van der Waals surface area (Å²) in [4.78, 5) is 41.5. The Balaban J connectivity index is 1.87. The van der Waals surface area contributed by atoms with E-state index in [1.807, 2.05) is 6.07 Å². The van der Waals surface area contributed by atoms with E-state index in [0.29, 0.717) is 0 Å². The van der Waals surface area contributed by atoms with E-state index in [0.717, 1.165) is 28.0 Å². The molecule has 1 unspecified atom stereocenters. The molecule has 1 heterocycles. The molecule has 37 heavy (non-hydrogen) atoms. The Morgan fingerprint density at radius 1 is 1.16 bits per heavy atom. The van der Waals surface area contributed by atoms with E-state index >= 15 is 0 Å². The Labute approximate surface area is 207 Å². The molecule has 12 heteroatoms. The summed E-state index contributed by atoms with van der Waals surface area (Å²) in [7, 11) is 1.32. The molecule has 2 aromatic rings. The molecule has 1 aliphatic heterocycles. The monoisotopic (exact) mass is 518 g/mol. The second kappa shape index (κ2) is 9.65. The first kappa shape index (κ1) is 25.8. The standard InChI is InChI=1S/C25H19F5N4O3/c1-33-22(16-6-5-13(11-31)9-17(16)23(36)32-12-20(26)27)21-18(7-8-19(21)35)34(24(33)37)15-4-2-3-14(10-15)25(28,29)30/h2-6,9-10,20,22H,7-8,12H2,1H3,(H,32,36). The largest absolute Gasteiger partial charge is 0.416 e. The molecule has 192 valence electrons. The van der Waals surface area contributed by atoms with Gasteiger partial charge in [-0.25, -0.2) is 13.6 Å². The second-order valence-corrected chi connectivity index (χ2v) is 8.48. The zero-order chi connectivity index (χ0) is 27.1. The Kier molecular flexibility index (Phi) is 6.73. The summed E-state index contributed by atoms with van der Waals surface area (Å²) in [5.41, 5.74) is -0.765. The molecule has 7 nitrogen and oxygen atoms in total. The number of nitrogens with one attached hydrogen (secondary N) is 1. The number of halogens is 5. The number of anilines is 1. The SMILES string of the molecule is CN1C(=O)N(c2cccc(C(F)(F)F)c2)C2=C(C(=O)CC2)C1c1ccc(C#N)cc1C(=O)NCC(F)F. The molecule has 1 atom stereocenters. The third kappa shape index (κ3) is 4.76. The minimum Gasteiger partial charge on any atom is -0.346 e. The lowest BCUT2D eigenvalue weighted by atomic mass is 9.89. The van der Waals surface area contributed by atoms with E-state index in [1.54, 1.807) is 0 Å². The number of amides is 3. The maximum absolute atomic E-state index is 13.5. The average molecular weight is 518 g/mol. The predicted octanol–water partition coefficient (Wildman–Crippen LogP) is 4.80. The van der Waals surface area contributed by atoms with Crippen LogP contribution in [0.4, 0.5) is 32.4 Å². The Morgan fingerprint density at radius 3 is 2.54 bits per heavy atom. The number of rotatable bonds is 5. The predicted molar refractivity (Wildman–Crippen MR) is 121 cm³/mol. The minimum atomic E-state index is -4.66. The van der Waals surface area contributed by atoms with Crippen LogP contribution in [-0.2, 0) is 11.0 Å². The van der Waals surface area contributed by atoms with Crippen LogP contribution in [0.5, 0.6) is 0 Å². The topological polar surface area (TPSA) is 93.5 Å². The average Bonchev–Trinajstić information content (AvgIpc) is 3.23. The number of likely N-dealkylation sites (N-methyl/N-ethyl adjacent to an activating group) is 1. The summed E-state index contributed by atoms with van der Waals surface area (Å²) in [5.74, 6) is -1.30. The van der Waals surface area contributed by atoms with Crippen LogP contribution in [0.1, 0.15) is 45.9 Å². The van der Waals surface area contributed by atoms with Gasteiger partial charge in [0, 0.05) is 30.3 Å². The van der Waals surface area contributed by atoms with E-state index in [4.69, 9.17) is 0 Å². The van der Waals surface area contributed by atoms with Crippen molar-refractivity contribution < 1.29 is 36.3 Å². The lowest BCUT2D eigenvalue weighted by molar-refractivity contribution is -0.137. The Bertz CT molecular complexity index is 1360. The van der Waals surface area contributed by atoms with Gasteiger partial charge in [-0.1, -0.05) is 12.1 Å². The van der Waals surface area contributed by atoms with Gasteiger partial charge in [0.2, 0.25) is 0 Å². The van der Waals surface area contributed by atoms with E-state index in [9.17, 15) is 41.6 Å². The summed E-state index contributed by atoms with van der Waals surface area (Å²) in [6.07, 6.45) is -7.43. The van der Waals surface area contributed by atoms with E-state index < -0.39 is 42.7 Å². The van der Waals surface area contributed by atoms with E-state index in [2.05, 4.69) is 5.32 Å². The molecule has 0 radical (unpaired) electrons. The smallest absolute Gasteiger partial charge is 0.346 e. The third-order valence-corrected chi connectivity index (χ3v) is 6.19. The molecule has 1 aliphatic carbocycles. The first-order chi connectivity index (χ1) is 17.4.